The van der Waals surface area contributed by atoms with Crippen LogP contribution in [0.4, 0.5) is 0 Å². The smallest absolute Gasteiger partial charge is 0.165 e. The highest BCUT2D eigenvalue weighted by atomic mass is 28.3. The van der Waals surface area contributed by atoms with Crippen molar-refractivity contribution in [3.8, 4) is 67.5 Å². The van der Waals surface area contributed by atoms with Crippen LogP contribution in [0.3, 0.4) is 0 Å². The third kappa shape index (κ3) is 5.67. The molecule has 0 saturated carbocycles. The van der Waals surface area contributed by atoms with Crippen molar-refractivity contribution in [2.45, 2.75) is 44.7 Å². The minimum atomic E-state index is -1.58. The minimum Gasteiger partial charge on any atom is -0.265 e. The van der Waals surface area contributed by atoms with Crippen molar-refractivity contribution in [2.24, 2.45) is 0 Å². The summed E-state index contributed by atoms with van der Waals surface area (Å²) in [6, 6.07) is 51.0. The molecule has 0 N–H and O–H groups in total. The Hall–Kier alpha value is -6.16. The molecule has 2 aliphatic rings. The van der Waals surface area contributed by atoms with Crippen LogP contribution in [-0.4, -0.2) is 41.1 Å². The van der Waals surface area contributed by atoms with Gasteiger partial charge in [-0.3, -0.25) is 9.97 Å². The first-order valence-electron chi connectivity index (χ1n) is 19.7. The first-order valence-corrected chi connectivity index (χ1v) is 26.7. The van der Waals surface area contributed by atoms with Crippen molar-refractivity contribution < 1.29 is 0 Å². The van der Waals surface area contributed by atoms with Gasteiger partial charge in [-0.15, -0.1) is 0 Å². The van der Waals surface area contributed by atoms with Crippen LogP contribution < -0.4 is 10.6 Å². The van der Waals surface area contributed by atoms with Crippen LogP contribution in [0.15, 0.2) is 152 Å². The largest absolute Gasteiger partial charge is 0.265 e. The fraction of sp³-hybridized carbons (Fsp3) is 0.140. The first-order chi connectivity index (χ1) is 27.5. The van der Waals surface area contributed by atoms with E-state index in [4.69, 9.17) is 24.9 Å². The molecule has 57 heavy (non-hydrogen) atoms. The molecule has 2 aliphatic carbocycles. The maximum absolute atomic E-state index is 5.11. The Kier molecular flexibility index (Phi) is 8.01. The Labute approximate surface area is 336 Å². The Bertz CT molecular complexity index is 2730. The molecule has 276 valence electrons. The monoisotopic (exact) mass is 769 g/mol. The molecule has 1 spiro atoms. The van der Waals surface area contributed by atoms with Crippen molar-refractivity contribution in [3.05, 3.63) is 174 Å². The van der Waals surface area contributed by atoms with Crippen LogP contribution in [0.2, 0.25) is 39.3 Å². The second-order valence-corrected chi connectivity index (χ2v) is 27.4. The molecule has 0 atom stereocenters. The Morgan fingerprint density at radius 3 is 1.21 bits per heavy atom. The molecule has 0 saturated heterocycles. The van der Waals surface area contributed by atoms with E-state index >= 15 is 0 Å². The second-order valence-electron chi connectivity index (χ2n) is 17.4. The van der Waals surface area contributed by atoms with Crippen molar-refractivity contribution in [1.82, 2.24) is 24.9 Å². The number of hydrogen-bond donors (Lipinski definition) is 0. The number of hydrogen-bond acceptors (Lipinski definition) is 5. The highest BCUT2D eigenvalue weighted by molar-refractivity contribution is 6.88. The molecule has 8 aromatic rings. The molecule has 0 aliphatic heterocycles. The van der Waals surface area contributed by atoms with E-state index in [9.17, 15) is 0 Å². The number of rotatable bonds is 6. The predicted octanol–water partition coefficient (Wildman–Crippen LogP) is 10.8. The van der Waals surface area contributed by atoms with Crippen LogP contribution >= 0.6 is 0 Å². The van der Waals surface area contributed by atoms with E-state index in [1.54, 1.807) is 0 Å². The molecule has 0 radical (unpaired) electrons. The van der Waals surface area contributed by atoms with Crippen molar-refractivity contribution in [3.63, 3.8) is 0 Å². The molecule has 5 nitrogen and oxygen atoms in total. The molecule has 0 amide bonds. The summed E-state index contributed by atoms with van der Waals surface area (Å²) < 4.78 is 0. The normalized spacial score (nSPS) is 13.6. The van der Waals surface area contributed by atoms with Gasteiger partial charge in [-0.25, -0.2) is 15.0 Å². The number of nitrogens with zero attached hydrogens (tertiary/aromatic N) is 5. The highest BCUT2D eigenvalue weighted by Gasteiger charge is 2.51. The molecule has 7 heteroatoms. The average Bonchev–Trinajstić information content (AvgIpc) is 3.70. The molecular weight excluding hydrogens is 727 g/mol. The molecule has 0 unspecified atom stereocenters. The maximum atomic E-state index is 5.11. The quantitative estimate of drug-likeness (QED) is 0.158. The zero-order valence-electron chi connectivity index (χ0n) is 33.2. The van der Waals surface area contributed by atoms with Gasteiger partial charge < -0.3 is 0 Å². The lowest BCUT2D eigenvalue weighted by atomic mass is 9.70. The van der Waals surface area contributed by atoms with E-state index in [0.717, 1.165) is 38.5 Å². The predicted molar refractivity (Wildman–Crippen MR) is 239 cm³/mol. The van der Waals surface area contributed by atoms with Crippen LogP contribution in [0, 0.1) is 0 Å². The molecule has 0 fully saturated rings. The van der Waals surface area contributed by atoms with Crippen molar-refractivity contribution >= 4 is 26.8 Å². The van der Waals surface area contributed by atoms with E-state index < -0.39 is 21.6 Å². The Balaban J connectivity index is 1.12. The van der Waals surface area contributed by atoms with Gasteiger partial charge >= 0.3 is 0 Å². The summed E-state index contributed by atoms with van der Waals surface area (Å²) in [4.78, 5) is 25.0. The van der Waals surface area contributed by atoms with Crippen LogP contribution in [-0.2, 0) is 5.41 Å². The summed E-state index contributed by atoms with van der Waals surface area (Å²) in [6.07, 6.45) is 3.83. The minimum absolute atomic E-state index is 0.400. The molecular formula is C50H43N5Si2. The van der Waals surface area contributed by atoms with Gasteiger partial charge in [0.1, 0.15) is 16.1 Å². The van der Waals surface area contributed by atoms with E-state index in [1.807, 2.05) is 12.4 Å². The number of pyridine rings is 2. The SMILES string of the molecule is C[Si](C)(C)c1ccc(-c2nc(-c3ccc([Si](C)(C)C)nc3)nc(-c3cccc(-c4ccc5c(c4)C4(c6ccccc6-c6ccccc64)c4ccccc4-5)c3)n2)cn1. The highest BCUT2D eigenvalue weighted by Crippen LogP contribution is 2.63. The fourth-order valence-corrected chi connectivity index (χ4v) is 10.9. The molecule has 3 heterocycles. The molecule has 3 aromatic heterocycles. The van der Waals surface area contributed by atoms with Gasteiger partial charge in [-0.2, -0.15) is 0 Å². The zero-order chi connectivity index (χ0) is 39.1. The topological polar surface area (TPSA) is 64.5 Å². The summed E-state index contributed by atoms with van der Waals surface area (Å²) >= 11 is 0. The lowest BCUT2D eigenvalue weighted by Gasteiger charge is -2.30. The van der Waals surface area contributed by atoms with E-state index in [0.29, 0.717) is 17.5 Å². The third-order valence-corrected chi connectivity index (χ3v) is 15.3. The van der Waals surface area contributed by atoms with Gasteiger partial charge in [0.2, 0.25) is 0 Å². The maximum Gasteiger partial charge on any atom is 0.165 e. The summed E-state index contributed by atoms with van der Waals surface area (Å²) in [5, 5.41) is 2.31. The van der Waals surface area contributed by atoms with Crippen LogP contribution in [0.5, 0.6) is 0 Å². The van der Waals surface area contributed by atoms with Gasteiger partial charge in [0.25, 0.3) is 0 Å². The van der Waals surface area contributed by atoms with Gasteiger partial charge in [0.15, 0.2) is 17.5 Å². The van der Waals surface area contributed by atoms with Gasteiger partial charge in [0.05, 0.1) is 5.41 Å². The fourth-order valence-electron chi connectivity index (χ4n) is 8.82. The Morgan fingerprint density at radius 1 is 0.351 bits per heavy atom. The van der Waals surface area contributed by atoms with Crippen molar-refractivity contribution in [1.29, 1.82) is 0 Å². The van der Waals surface area contributed by atoms with Crippen LogP contribution in [0.1, 0.15) is 22.3 Å². The summed E-state index contributed by atoms with van der Waals surface area (Å²) in [5.41, 5.74) is 15.0. The third-order valence-electron chi connectivity index (χ3n) is 11.7. The van der Waals surface area contributed by atoms with Gasteiger partial charge in [-0.05, 0) is 92.0 Å². The lowest BCUT2D eigenvalue weighted by Crippen LogP contribution is -2.39. The zero-order valence-corrected chi connectivity index (χ0v) is 35.2. The standard InChI is InChI=1S/C50H43N5Si2/c1-56(2,3)45-26-23-35(30-51-45)48-53-47(54-49(55-48)36-24-27-46(52-31-36)57(4,5)6)34-15-13-14-32(28-34)33-22-25-40-39-18-9-12-21-43(39)50(44(40)29-33)41-19-10-7-16-37(41)38-17-8-11-20-42(38)50/h7-31H,1-6H3. The Morgan fingerprint density at radius 2 is 0.754 bits per heavy atom. The summed E-state index contributed by atoms with van der Waals surface area (Å²) in [6.45, 7) is 13.9. The molecule has 5 aromatic carbocycles. The molecule has 10 rings (SSSR count). The van der Waals surface area contributed by atoms with E-state index in [2.05, 4.69) is 179 Å². The average molecular weight is 770 g/mol. The molecule has 0 bridgehead atoms. The number of aromatic nitrogens is 5. The number of fused-ring (bicyclic) bond motifs is 10. The summed E-state index contributed by atoms with van der Waals surface area (Å²) in [5.74, 6) is 1.81. The van der Waals surface area contributed by atoms with Crippen LogP contribution in [0.25, 0.3) is 67.5 Å². The van der Waals surface area contributed by atoms with E-state index in [1.165, 1.54) is 44.5 Å². The first kappa shape index (κ1) is 35.3. The summed E-state index contributed by atoms with van der Waals surface area (Å²) in [7, 11) is -3.17. The van der Waals surface area contributed by atoms with Gasteiger partial charge in [0, 0.05) is 39.7 Å². The van der Waals surface area contributed by atoms with E-state index in [-0.39, 0.29) is 0 Å². The number of benzene rings is 5. The lowest BCUT2D eigenvalue weighted by molar-refractivity contribution is 0.794. The van der Waals surface area contributed by atoms with Crippen molar-refractivity contribution in [2.75, 3.05) is 0 Å². The second kappa shape index (κ2) is 12.9. The van der Waals surface area contributed by atoms with Gasteiger partial charge in [-0.1, -0.05) is 142 Å².